The molecular weight excluding hydrogens is 379 g/mol. The van der Waals surface area contributed by atoms with Crippen LogP contribution < -0.4 is 10.5 Å². The van der Waals surface area contributed by atoms with Crippen LogP contribution in [0.25, 0.3) is 0 Å². The van der Waals surface area contributed by atoms with Crippen LogP contribution in [-0.2, 0) is 10.0 Å². The summed E-state index contributed by atoms with van der Waals surface area (Å²) in [5.74, 6) is -0.855. The van der Waals surface area contributed by atoms with Gasteiger partial charge in [-0.15, -0.1) is 11.3 Å². The third-order valence-corrected chi connectivity index (χ3v) is 6.13. The van der Waals surface area contributed by atoms with Gasteiger partial charge in [-0.25, -0.2) is 17.5 Å². The molecule has 3 N–H and O–H groups in total. The van der Waals surface area contributed by atoms with Crippen LogP contribution in [0, 0.1) is 12.7 Å². The molecule has 1 atom stereocenters. The number of nitrogen functional groups attached to an aromatic ring is 1. The fourth-order valence-electron chi connectivity index (χ4n) is 1.82. The predicted octanol–water partition coefficient (Wildman–Crippen LogP) is 3.58. The summed E-state index contributed by atoms with van der Waals surface area (Å²) in [7, 11) is -4.00. The number of aryl methyl sites for hydroxylation is 1. The summed E-state index contributed by atoms with van der Waals surface area (Å²) in [5, 5.41) is 0. The highest BCUT2D eigenvalue weighted by molar-refractivity contribution is 9.10. The summed E-state index contributed by atoms with van der Waals surface area (Å²) in [6.07, 6.45) is 0. The average Bonchev–Trinajstić information content (AvgIpc) is 2.80. The lowest BCUT2D eigenvalue weighted by Gasteiger charge is -2.14. The topological polar surface area (TPSA) is 72.2 Å². The Morgan fingerprint density at radius 3 is 2.62 bits per heavy atom. The van der Waals surface area contributed by atoms with Gasteiger partial charge in [0, 0.05) is 15.4 Å². The van der Waals surface area contributed by atoms with Crippen LogP contribution in [0.15, 0.2) is 33.6 Å². The van der Waals surface area contributed by atoms with Gasteiger partial charge in [-0.3, -0.25) is 0 Å². The van der Waals surface area contributed by atoms with Gasteiger partial charge in [0.2, 0.25) is 10.0 Å². The van der Waals surface area contributed by atoms with E-state index in [2.05, 4.69) is 20.7 Å². The maximum atomic E-state index is 14.0. The molecule has 0 aliphatic carbocycles. The SMILES string of the molecule is Cc1ccc(C(C)NS(=O)(=O)c2cc(N)cc(Br)c2F)s1. The number of hydrogen-bond donors (Lipinski definition) is 2. The predicted molar refractivity (Wildman–Crippen MR) is 86.3 cm³/mol. The van der Waals surface area contributed by atoms with Gasteiger partial charge in [-0.1, -0.05) is 0 Å². The van der Waals surface area contributed by atoms with Crippen LogP contribution >= 0.6 is 27.3 Å². The Hall–Kier alpha value is -0.960. The molecule has 0 fully saturated rings. The van der Waals surface area contributed by atoms with Crippen LogP contribution in [0.4, 0.5) is 10.1 Å². The van der Waals surface area contributed by atoms with Gasteiger partial charge in [0.15, 0.2) is 5.82 Å². The van der Waals surface area contributed by atoms with Gasteiger partial charge in [-0.2, -0.15) is 0 Å². The Morgan fingerprint density at radius 1 is 1.38 bits per heavy atom. The summed E-state index contributed by atoms with van der Waals surface area (Å²) in [4.78, 5) is 1.47. The molecule has 1 heterocycles. The molecule has 114 valence electrons. The maximum absolute atomic E-state index is 14.0. The van der Waals surface area contributed by atoms with E-state index in [1.807, 2.05) is 19.1 Å². The van der Waals surface area contributed by atoms with E-state index < -0.39 is 26.8 Å². The first-order valence-corrected chi connectivity index (χ1v) is 9.13. The molecule has 0 radical (unpaired) electrons. The molecule has 0 aliphatic rings. The van der Waals surface area contributed by atoms with E-state index >= 15 is 0 Å². The second-order valence-electron chi connectivity index (χ2n) is 4.61. The average molecular weight is 393 g/mol. The zero-order chi connectivity index (χ0) is 15.8. The third kappa shape index (κ3) is 3.63. The number of nitrogens with one attached hydrogen (secondary N) is 1. The van der Waals surface area contributed by atoms with Crippen molar-refractivity contribution in [2.24, 2.45) is 0 Å². The first-order chi connectivity index (χ1) is 9.70. The second-order valence-corrected chi connectivity index (χ2v) is 8.46. The number of nitrogens with two attached hydrogens (primary N) is 1. The van der Waals surface area contributed by atoms with Gasteiger partial charge < -0.3 is 5.73 Å². The highest BCUT2D eigenvalue weighted by atomic mass is 79.9. The Bertz CT molecular complexity index is 774. The van der Waals surface area contributed by atoms with E-state index in [0.29, 0.717) is 0 Å². The van der Waals surface area contributed by atoms with Crippen molar-refractivity contribution in [3.8, 4) is 0 Å². The van der Waals surface area contributed by atoms with Gasteiger partial charge in [0.05, 0.1) is 10.5 Å². The van der Waals surface area contributed by atoms with Crippen molar-refractivity contribution >= 4 is 43.0 Å². The standard InChI is InChI=1S/C13H14BrFN2O2S2/c1-7-3-4-11(20-7)8(2)17-21(18,19)12-6-9(16)5-10(14)13(12)15/h3-6,8,17H,16H2,1-2H3. The van der Waals surface area contributed by atoms with Crippen molar-refractivity contribution in [2.45, 2.75) is 24.8 Å². The summed E-state index contributed by atoms with van der Waals surface area (Å²) in [6, 6.07) is 5.73. The maximum Gasteiger partial charge on any atom is 0.244 e. The fraction of sp³-hybridized carbons (Fsp3) is 0.231. The molecule has 1 unspecified atom stereocenters. The summed E-state index contributed by atoms with van der Waals surface area (Å²) < 4.78 is 41.1. The van der Waals surface area contributed by atoms with Crippen molar-refractivity contribution in [3.05, 3.63) is 44.3 Å². The summed E-state index contributed by atoms with van der Waals surface area (Å²) >= 11 is 4.45. The number of thiophene rings is 1. The van der Waals surface area contributed by atoms with E-state index in [9.17, 15) is 12.8 Å². The molecule has 0 amide bonds. The highest BCUT2D eigenvalue weighted by Crippen LogP contribution is 2.28. The van der Waals surface area contributed by atoms with Crippen molar-refractivity contribution in [1.29, 1.82) is 0 Å². The molecule has 8 heteroatoms. The first-order valence-electron chi connectivity index (χ1n) is 6.04. The van der Waals surface area contributed by atoms with Crippen LogP contribution in [0.2, 0.25) is 0 Å². The molecule has 21 heavy (non-hydrogen) atoms. The van der Waals surface area contributed by atoms with Crippen LogP contribution in [0.3, 0.4) is 0 Å². The monoisotopic (exact) mass is 392 g/mol. The summed E-state index contributed by atoms with van der Waals surface area (Å²) in [5.41, 5.74) is 5.75. The minimum absolute atomic E-state index is 0.0162. The zero-order valence-corrected chi connectivity index (χ0v) is 14.6. The van der Waals surface area contributed by atoms with Crippen LogP contribution in [0.5, 0.6) is 0 Å². The second kappa shape index (κ2) is 6.04. The Balaban J connectivity index is 2.35. The smallest absolute Gasteiger partial charge is 0.244 e. The molecular formula is C13H14BrFN2O2S2. The van der Waals surface area contributed by atoms with Crippen molar-refractivity contribution < 1.29 is 12.8 Å². The van der Waals surface area contributed by atoms with E-state index in [-0.39, 0.29) is 10.2 Å². The number of anilines is 1. The number of halogens is 2. The first kappa shape index (κ1) is 16.4. The lowest BCUT2D eigenvalue weighted by Crippen LogP contribution is -2.27. The zero-order valence-electron chi connectivity index (χ0n) is 11.4. The lowest BCUT2D eigenvalue weighted by atomic mass is 10.3. The molecule has 1 aromatic carbocycles. The van der Waals surface area contributed by atoms with Gasteiger partial charge in [0.1, 0.15) is 4.90 Å². The molecule has 0 saturated carbocycles. The molecule has 0 spiro atoms. The number of sulfonamides is 1. The third-order valence-electron chi connectivity index (χ3n) is 2.83. The summed E-state index contributed by atoms with van der Waals surface area (Å²) in [6.45, 7) is 3.64. The fourth-order valence-corrected chi connectivity index (χ4v) is 4.74. The van der Waals surface area contributed by atoms with E-state index in [1.165, 1.54) is 17.4 Å². The quantitative estimate of drug-likeness (QED) is 0.780. The van der Waals surface area contributed by atoms with Crippen LogP contribution in [-0.4, -0.2) is 8.42 Å². The molecule has 2 aromatic rings. The normalized spacial score (nSPS) is 13.3. The van der Waals surface area contributed by atoms with Crippen molar-refractivity contribution in [1.82, 2.24) is 4.72 Å². The molecule has 2 rings (SSSR count). The van der Waals surface area contributed by atoms with Gasteiger partial charge >= 0.3 is 0 Å². The van der Waals surface area contributed by atoms with Gasteiger partial charge in [0.25, 0.3) is 0 Å². The largest absolute Gasteiger partial charge is 0.399 e. The van der Waals surface area contributed by atoms with Crippen molar-refractivity contribution in [2.75, 3.05) is 5.73 Å². The van der Waals surface area contributed by atoms with Crippen LogP contribution in [0.1, 0.15) is 22.7 Å². The van der Waals surface area contributed by atoms with Gasteiger partial charge in [-0.05, 0) is 54.0 Å². The minimum atomic E-state index is -4.00. The molecule has 0 aliphatic heterocycles. The molecule has 0 bridgehead atoms. The minimum Gasteiger partial charge on any atom is -0.399 e. The number of benzene rings is 1. The highest BCUT2D eigenvalue weighted by Gasteiger charge is 2.24. The Morgan fingerprint density at radius 2 is 2.05 bits per heavy atom. The molecule has 1 aromatic heterocycles. The Kier molecular flexibility index (Phi) is 4.72. The number of hydrogen-bond acceptors (Lipinski definition) is 4. The van der Waals surface area contributed by atoms with E-state index in [4.69, 9.17) is 5.73 Å². The van der Waals surface area contributed by atoms with Crippen molar-refractivity contribution in [3.63, 3.8) is 0 Å². The van der Waals surface area contributed by atoms with E-state index in [0.717, 1.165) is 15.8 Å². The Labute approximate surface area is 135 Å². The van der Waals surface area contributed by atoms with E-state index in [1.54, 1.807) is 6.92 Å². The molecule has 4 nitrogen and oxygen atoms in total. The number of rotatable bonds is 4. The lowest BCUT2D eigenvalue weighted by molar-refractivity contribution is 0.546. The molecule has 0 saturated heterocycles.